The maximum atomic E-state index is 11.8. The molecule has 0 saturated carbocycles. The smallest absolute Gasteiger partial charge is 0.252 e. The van der Waals surface area contributed by atoms with E-state index in [4.69, 9.17) is 5.73 Å². The molecule has 2 rings (SSSR count). The van der Waals surface area contributed by atoms with Crippen LogP contribution in [0.1, 0.15) is 41.4 Å². The first-order valence-corrected chi connectivity index (χ1v) is 7.76. The molecule has 0 radical (unpaired) electrons. The van der Waals surface area contributed by atoms with Gasteiger partial charge in [-0.25, -0.2) is 4.98 Å². The number of hydrogen-bond acceptors (Lipinski definition) is 4. The minimum Gasteiger partial charge on any atom is -0.365 e. The third-order valence-corrected chi connectivity index (χ3v) is 4.13. The van der Waals surface area contributed by atoms with Gasteiger partial charge in [-0.15, -0.1) is 0 Å². The molecule has 21 heavy (non-hydrogen) atoms. The number of anilines is 1. The van der Waals surface area contributed by atoms with Crippen molar-refractivity contribution in [3.05, 3.63) is 22.9 Å². The van der Waals surface area contributed by atoms with Crippen LogP contribution in [0.5, 0.6) is 0 Å². The van der Waals surface area contributed by atoms with Crippen LogP contribution >= 0.6 is 0 Å². The van der Waals surface area contributed by atoms with Gasteiger partial charge >= 0.3 is 0 Å². The average molecular weight is 290 g/mol. The molecule has 2 heterocycles. The van der Waals surface area contributed by atoms with E-state index in [2.05, 4.69) is 22.1 Å². The summed E-state index contributed by atoms with van der Waals surface area (Å²) < 4.78 is 0. The number of hydrogen-bond donors (Lipinski definition) is 2. The Morgan fingerprint density at radius 3 is 2.86 bits per heavy atom. The number of rotatable bonds is 5. The van der Waals surface area contributed by atoms with Gasteiger partial charge in [-0.05, 0) is 64.3 Å². The Labute approximate surface area is 126 Å². The zero-order chi connectivity index (χ0) is 15.4. The third kappa shape index (κ3) is 3.73. The summed E-state index contributed by atoms with van der Waals surface area (Å²) in [5, 5.41) is 3.44. The molecule has 5 heteroatoms. The fourth-order valence-electron chi connectivity index (χ4n) is 3.11. The van der Waals surface area contributed by atoms with E-state index in [-0.39, 0.29) is 0 Å². The van der Waals surface area contributed by atoms with E-state index < -0.39 is 5.91 Å². The summed E-state index contributed by atoms with van der Waals surface area (Å²) in [5.41, 5.74) is 7.97. The van der Waals surface area contributed by atoms with Crippen molar-refractivity contribution >= 4 is 11.7 Å². The number of primary amides is 1. The van der Waals surface area contributed by atoms with Crippen LogP contribution in [-0.4, -0.2) is 37.1 Å². The predicted molar refractivity (Wildman–Crippen MR) is 85.7 cm³/mol. The molecule has 0 spiro atoms. The second-order valence-corrected chi connectivity index (χ2v) is 5.89. The topological polar surface area (TPSA) is 71.2 Å². The number of amides is 1. The molecule has 1 aliphatic rings. The highest BCUT2D eigenvalue weighted by molar-refractivity contribution is 5.99. The van der Waals surface area contributed by atoms with Crippen LogP contribution in [0.2, 0.25) is 0 Å². The second kappa shape index (κ2) is 6.89. The van der Waals surface area contributed by atoms with Crippen molar-refractivity contribution in [1.29, 1.82) is 0 Å². The van der Waals surface area contributed by atoms with Crippen LogP contribution in [0.4, 0.5) is 5.82 Å². The van der Waals surface area contributed by atoms with Crippen molar-refractivity contribution < 1.29 is 4.79 Å². The van der Waals surface area contributed by atoms with Gasteiger partial charge in [0.2, 0.25) is 0 Å². The van der Waals surface area contributed by atoms with Crippen molar-refractivity contribution in [2.24, 2.45) is 11.7 Å². The lowest BCUT2D eigenvalue weighted by molar-refractivity contribution is 0.1000. The number of carbonyl (C=O) groups is 1. The predicted octanol–water partition coefficient (Wildman–Crippen LogP) is 1.62. The lowest BCUT2D eigenvalue weighted by atomic mass is 9.98. The first-order valence-electron chi connectivity index (χ1n) is 7.76. The summed E-state index contributed by atoms with van der Waals surface area (Å²) in [6.07, 6.45) is 2.44. The molecule has 3 N–H and O–H groups in total. The van der Waals surface area contributed by atoms with E-state index >= 15 is 0 Å². The lowest BCUT2D eigenvalue weighted by Crippen LogP contribution is -2.39. The SMILES string of the molecule is CCN(CC1CCCNC1)c1nc(C)cc(C)c1C(N)=O. The highest BCUT2D eigenvalue weighted by Gasteiger charge is 2.22. The van der Waals surface area contributed by atoms with Crippen molar-refractivity contribution in [2.75, 3.05) is 31.1 Å². The first kappa shape index (κ1) is 15.8. The number of pyridine rings is 1. The van der Waals surface area contributed by atoms with Crippen LogP contribution < -0.4 is 16.0 Å². The van der Waals surface area contributed by atoms with Gasteiger partial charge in [0.15, 0.2) is 0 Å². The summed E-state index contributed by atoms with van der Waals surface area (Å²) in [5.74, 6) is 0.949. The Bertz CT molecular complexity index is 509. The zero-order valence-electron chi connectivity index (χ0n) is 13.3. The van der Waals surface area contributed by atoms with E-state index in [1.807, 2.05) is 19.9 Å². The third-order valence-electron chi connectivity index (χ3n) is 4.13. The molecule has 1 saturated heterocycles. The lowest BCUT2D eigenvalue weighted by Gasteiger charge is -2.31. The fourth-order valence-corrected chi connectivity index (χ4v) is 3.11. The average Bonchev–Trinajstić information content (AvgIpc) is 2.44. The number of aromatic nitrogens is 1. The number of carbonyl (C=O) groups excluding carboxylic acids is 1. The van der Waals surface area contributed by atoms with Gasteiger partial charge in [0, 0.05) is 18.8 Å². The molecular formula is C16H26N4O. The fraction of sp³-hybridized carbons (Fsp3) is 0.625. The van der Waals surface area contributed by atoms with E-state index in [0.717, 1.165) is 43.3 Å². The molecule has 1 atom stereocenters. The molecule has 116 valence electrons. The maximum absolute atomic E-state index is 11.8. The maximum Gasteiger partial charge on any atom is 0.252 e. The number of nitrogens with zero attached hydrogens (tertiary/aromatic N) is 2. The minimum atomic E-state index is -0.393. The highest BCUT2D eigenvalue weighted by atomic mass is 16.1. The van der Waals surface area contributed by atoms with Crippen LogP contribution in [0.25, 0.3) is 0 Å². The normalized spacial score (nSPS) is 18.5. The van der Waals surface area contributed by atoms with Gasteiger partial charge in [-0.1, -0.05) is 0 Å². The Balaban J connectivity index is 2.29. The van der Waals surface area contributed by atoms with E-state index in [9.17, 15) is 4.79 Å². The molecule has 1 unspecified atom stereocenters. The Kier molecular flexibility index (Phi) is 5.17. The quantitative estimate of drug-likeness (QED) is 0.864. The molecule has 0 bridgehead atoms. The molecule has 1 fully saturated rings. The Morgan fingerprint density at radius 1 is 1.52 bits per heavy atom. The van der Waals surface area contributed by atoms with Crippen LogP contribution in [0.15, 0.2) is 6.07 Å². The monoisotopic (exact) mass is 290 g/mol. The minimum absolute atomic E-state index is 0.393. The molecule has 1 aromatic rings. The summed E-state index contributed by atoms with van der Waals surface area (Å²) in [6, 6.07) is 1.92. The Hall–Kier alpha value is -1.62. The Morgan fingerprint density at radius 2 is 2.29 bits per heavy atom. The molecule has 0 aromatic carbocycles. The largest absolute Gasteiger partial charge is 0.365 e. The van der Waals surface area contributed by atoms with Gasteiger partial charge in [0.05, 0.1) is 5.56 Å². The van der Waals surface area contributed by atoms with Crippen molar-refractivity contribution in [3.8, 4) is 0 Å². The highest BCUT2D eigenvalue weighted by Crippen LogP contribution is 2.24. The number of nitrogens with two attached hydrogens (primary N) is 1. The van der Waals surface area contributed by atoms with E-state index in [0.29, 0.717) is 11.5 Å². The zero-order valence-corrected chi connectivity index (χ0v) is 13.3. The van der Waals surface area contributed by atoms with E-state index in [1.54, 1.807) is 0 Å². The van der Waals surface area contributed by atoms with Gasteiger partial charge < -0.3 is 16.0 Å². The van der Waals surface area contributed by atoms with Crippen LogP contribution in [0, 0.1) is 19.8 Å². The number of piperidine rings is 1. The second-order valence-electron chi connectivity index (χ2n) is 5.89. The summed E-state index contributed by atoms with van der Waals surface area (Å²) in [4.78, 5) is 18.6. The van der Waals surface area contributed by atoms with Gasteiger partial charge in [0.25, 0.3) is 5.91 Å². The molecular weight excluding hydrogens is 264 g/mol. The molecule has 0 aliphatic carbocycles. The standard InChI is InChI=1S/C16H26N4O/c1-4-20(10-13-6-5-7-18-9-13)16-14(15(17)21)11(2)8-12(3)19-16/h8,13,18H,4-7,9-10H2,1-3H3,(H2,17,21). The summed E-state index contributed by atoms with van der Waals surface area (Å²) in [7, 11) is 0. The van der Waals surface area contributed by atoms with Crippen LogP contribution in [-0.2, 0) is 0 Å². The molecule has 1 amide bonds. The summed E-state index contributed by atoms with van der Waals surface area (Å²) >= 11 is 0. The van der Waals surface area contributed by atoms with Gasteiger partial charge in [-0.2, -0.15) is 0 Å². The van der Waals surface area contributed by atoms with Crippen LogP contribution in [0.3, 0.4) is 0 Å². The first-order chi connectivity index (χ1) is 10.0. The van der Waals surface area contributed by atoms with Gasteiger partial charge in [-0.3, -0.25) is 4.79 Å². The van der Waals surface area contributed by atoms with Crippen molar-refractivity contribution in [2.45, 2.75) is 33.6 Å². The number of aryl methyl sites for hydroxylation is 2. The van der Waals surface area contributed by atoms with Crippen molar-refractivity contribution in [1.82, 2.24) is 10.3 Å². The van der Waals surface area contributed by atoms with Gasteiger partial charge in [0.1, 0.15) is 5.82 Å². The summed E-state index contributed by atoms with van der Waals surface area (Å²) in [6.45, 7) is 9.86. The van der Waals surface area contributed by atoms with Crippen molar-refractivity contribution in [3.63, 3.8) is 0 Å². The molecule has 5 nitrogen and oxygen atoms in total. The molecule has 1 aliphatic heterocycles. The number of nitrogens with one attached hydrogen (secondary N) is 1. The van der Waals surface area contributed by atoms with E-state index in [1.165, 1.54) is 12.8 Å². The molecule has 1 aromatic heterocycles.